The van der Waals surface area contributed by atoms with Crippen LogP contribution in [-0.2, 0) is 4.79 Å². The molecule has 5 N–H and O–H groups in total. The Labute approximate surface area is 91.6 Å². The van der Waals surface area contributed by atoms with Crippen LogP contribution in [0.3, 0.4) is 0 Å². The molecule has 1 aromatic carbocycles. The summed E-state index contributed by atoms with van der Waals surface area (Å²) in [6.45, 7) is 1.46. The van der Waals surface area contributed by atoms with E-state index in [4.69, 9.17) is 11.5 Å². The van der Waals surface area contributed by atoms with Gasteiger partial charge in [-0.3, -0.25) is 9.59 Å². The number of primary amides is 1. The molecule has 1 atom stereocenters. The SMILES string of the molecule is C[C@@H](N)C(=O)Nc1cc(C(N)=O)ccc1F. The van der Waals surface area contributed by atoms with Crippen LogP contribution in [0.2, 0.25) is 0 Å². The Bertz CT molecular complexity index is 432. The van der Waals surface area contributed by atoms with Crippen LogP contribution in [-0.4, -0.2) is 17.9 Å². The van der Waals surface area contributed by atoms with Crippen molar-refractivity contribution in [2.45, 2.75) is 13.0 Å². The highest BCUT2D eigenvalue weighted by Gasteiger charge is 2.12. The molecule has 0 aliphatic carbocycles. The maximum absolute atomic E-state index is 13.2. The molecule has 0 aliphatic rings. The molecule has 5 nitrogen and oxygen atoms in total. The summed E-state index contributed by atoms with van der Waals surface area (Å²) in [6, 6.07) is 2.69. The lowest BCUT2D eigenvalue weighted by molar-refractivity contribution is -0.117. The fourth-order valence-electron chi connectivity index (χ4n) is 1.02. The van der Waals surface area contributed by atoms with E-state index in [9.17, 15) is 14.0 Å². The highest BCUT2D eigenvalue weighted by Crippen LogP contribution is 2.16. The van der Waals surface area contributed by atoms with Crippen molar-refractivity contribution >= 4 is 17.5 Å². The Hall–Kier alpha value is -1.95. The first kappa shape index (κ1) is 12.1. The van der Waals surface area contributed by atoms with Crippen molar-refractivity contribution in [2.75, 3.05) is 5.32 Å². The Kier molecular flexibility index (Phi) is 3.57. The molecular formula is C10H12FN3O2. The van der Waals surface area contributed by atoms with Gasteiger partial charge in [-0.2, -0.15) is 0 Å². The minimum absolute atomic E-state index is 0.112. The van der Waals surface area contributed by atoms with Gasteiger partial charge in [-0.15, -0.1) is 0 Å². The molecule has 6 heteroatoms. The van der Waals surface area contributed by atoms with Crippen molar-refractivity contribution in [1.82, 2.24) is 0 Å². The number of nitrogens with one attached hydrogen (secondary N) is 1. The molecule has 0 aromatic heterocycles. The zero-order valence-electron chi connectivity index (χ0n) is 8.66. The molecule has 86 valence electrons. The number of anilines is 1. The summed E-state index contributed by atoms with van der Waals surface area (Å²) in [7, 11) is 0. The number of halogens is 1. The molecule has 0 saturated carbocycles. The first-order valence-electron chi connectivity index (χ1n) is 4.57. The summed E-state index contributed by atoms with van der Waals surface area (Å²) in [6.07, 6.45) is 0. The monoisotopic (exact) mass is 225 g/mol. The van der Waals surface area contributed by atoms with Gasteiger partial charge in [-0.25, -0.2) is 4.39 Å². The van der Waals surface area contributed by atoms with Gasteiger partial charge >= 0.3 is 0 Å². The van der Waals surface area contributed by atoms with Gasteiger partial charge in [-0.1, -0.05) is 0 Å². The minimum atomic E-state index is -0.767. The Balaban J connectivity index is 2.99. The zero-order chi connectivity index (χ0) is 12.3. The van der Waals surface area contributed by atoms with Crippen LogP contribution in [0.25, 0.3) is 0 Å². The average Bonchev–Trinajstić information content (AvgIpc) is 2.20. The molecule has 0 radical (unpaired) electrons. The third-order valence-electron chi connectivity index (χ3n) is 1.92. The molecule has 0 heterocycles. The molecule has 0 fully saturated rings. The van der Waals surface area contributed by atoms with Crippen molar-refractivity contribution in [3.63, 3.8) is 0 Å². The molecule has 2 amide bonds. The number of hydrogen-bond donors (Lipinski definition) is 3. The van der Waals surface area contributed by atoms with E-state index in [2.05, 4.69) is 5.32 Å². The van der Waals surface area contributed by atoms with E-state index >= 15 is 0 Å². The number of hydrogen-bond acceptors (Lipinski definition) is 3. The first-order chi connectivity index (χ1) is 7.41. The van der Waals surface area contributed by atoms with Gasteiger partial charge in [0.15, 0.2) is 0 Å². The quantitative estimate of drug-likeness (QED) is 0.685. The second kappa shape index (κ2) is 4.71. The lowest BCUT2D eigenvalue weighted by Gasteiger charge is -2.09. The van der Waals surface area contributed by atoms with Crippen LogP contribution in [0.15, 0.2) is 18.2 Å². The van der Waals surface area contributed by atoms with Gasteiger partial charge in [0.2, 0.25) is 11.8 Å². The molecule has 0 saturated heterocycles. The smallest absolute Gasteiger partial charge is 0.248 e. The highest BCUT2D eigenvalue weighted by atomic mass is 19.1. The zero-order valence-corrected chi connectivity index (χ0v) is 8.66. The normalized spacial score (nSPS) is 11.9. The van der Waals surface area contributed by atoms with Crippen LogP contribution in [0.4, 0.5) is 10.1 Å². The number of amides is 2. The predicted molar refractivity (Wildman–Crippen MR) is 57.2 cm³/mol. The summed E-state index contributed by atoms with van der Waals surface area (Å²) in [5.74, 6) is -1.89. The highest BCUT2D eigenvalue weighted by molar-refractivity contribution is 5.97. The summed E-state index contributed by atoms with van der Waals surface area (Å²) >= 11 is 0. The second-order valence-electron chi connectivity index (χ2n) is 3.34. The largest absolute Gasteiger partial charge is 0.366 e. The van der Waals surface area contributed by atoms with Gasteiger partial charge in [0.1, 0.15) is 5.82 Å². The van der Waals surface area contributed by atoms with Crippen LogP contribution in [0.1, 0.15) is 17.3 Å². The van der Waals surface area contributed by atoms with Crippen molar-refractivity contribution < 1.29 is 14.0 Å². The summed E-state index contributed by atoms with van der Waals surface area (Å²) in [4.78, 5) is 22.1. The van der Waals surface area contributed by atoms with Crippen molar-refractivity contribution in [1.29, 1.82) is 0 Å². The number of carbonyl (C=O) groups is 2. The molecule has 16 heavy (non-hydrogen) atoms. The lowest BCUT2D eigenvalue weighted by atomic mass is 10.2. The van der Waals surface area contributed by atoms with Crippen LogP contribution in [0, 0.1) is 5.82 Å². The van der Waals surface area contributed by atoms with E-state index in [0.29, 0.717) is 0 Å². The number of rotatable bonds is 3. The van der Waals surface area contributed by atoms with Crippen molar-refractivity contribution in [3.05, 3.63) is 29.6 Å². The molecule has 1 aromatic rings. The maximum atomic E-state index is 13.2. The van der Waals surface area contributed by atoms with E-state index in [0.717, 1.165) is 12.1 Å². The fourth-order valence-corrected chi connectivity index (χ4v) is 1.02. The van der Waals surface area contributed by atoms with E-state index in [1.54, 1.807) is 0 Å². The number of carbonyl (C=O) groups excluding carboxylic acids is 2. The molecule has 0 unspecified atom stereocenters. The van der Waals surface area contributed by atoms with E-state index in [1.165, 1.54) is 13.0 Å². The van der Waals surface area contributed by atoms with Gasteiger partial charge in [-0.05, 0) is 25.1 Å². The third-order valence-corrected chi connectivity index (χ3v) is 1.92. The lowest BCUT2D eigenvalue weighted by Crippen LogP contribution is -2.32. The summed E-state index contributed by atoms with van der Waals surface area (Å²) < 4.78 is 13.2. The maximum Gasteiger partial charge on any atom is 0.248 e. The summed E-state index contributed by atoms with van der Waals surface area (Å²) in [5, 5.41) is 2.26. The minimum Gasteiger partial charge on any atom is -0.366 e. The predicted octanol–water partition coefficient (Wildman–Crippen LogP) is 0.210. The van der Waals surface area contributed by atoms with Gasteiger partial charge in [0.25, 0.3) is 0 Å². The van der Waals surface area contributed by atoms with Crippen LogP contribution in [0.5, 0.6) is 0 Å². The molecule has 1 rings (SSSR count). The first-order valence-corrected chi connectivity index (χ1v) is 4.57. The Morgan fingerprint density at radius 1 is 1.44 bits per heavy atom. The fraction of sp³-hybridized carbons (Fsp3) is 0.200. The van der Waals surface area contributed by atoms with E-state index in [-0.39, 0.29) is 11.3 Å². The van der Waals surface area contributed by atoms with Crippen molar-refractivity contribution in [3.8, 4) is 0 Å². The van der Waals surface area contributed by atoms with Crippen LogP contribution < -0.4 is 16.8 Å². The van der Waals surface area contributed by atoms with Gasteiger partial charge in [0.05, 0.1) is 11.7 Å². The van der Waals surface area contributed by atoms with E-state index < -0.39 is 23.7 Å². The molecule has 0 aliphatic heterocycles. The van der Waals surface area contributed by atoms with Crippen molar-refractivity contribution in [2.24, 2.45) is 11.5 Å². The Morgan fingerprint density at radius 2 is 2.06 bits per heavy atom. The number of benzene rings is 1. The summed E-state index contributed by atoms with van der Waals surface area (Å²) in [5.41, 5.74) is 10.3. The molecule has 0 bridgehead atoms. The third kappa shape index (κ3) is 2.77. The van der Waals surface area contributed by atoms with Crippen LogP contribution >= 0.6 is 0 Å². The second-order valence-corrected chi connectivity index (χ2v) is 3.34. The average molecular weight is 225 g/mol. The van der Waals surface area contributed by atoms with Gasteiger partial charge in [0, 0.05) is 5.56 Å². The van der Waals surface area contributed by atoms with Gasteiger partial charge < -0.3 is 16.8 Å². The Morgan fingerprint density at radius 3 is 2.56 bits per heavy atom. The molecular weight excluding hydrogens is 213 g/mol. The standard InChI is InChI=1S/C10H12FN3O2/c1-5(12)10(16)14-8-4-6(9(13)15)2-3-7(8)11/h2-5H,12H2,1H3,(H2,13,15)(H,14,16)/t5-/m1/s1. The van der Waals surface area contributed by atoms with E-state index in [1.807, 2.05) is 0 Å². The number of nitrogens with two attached hydrogens (primary N) is 2. The molecule has 0 spiro atoms. The topological polar surface area (TPSA) is 98.2 Å².